The summed E-state index contributed by atoms with van der Waals surface area (Å²) in [4.78, 5) is 22.3. The van der Waals surface area contributed by atoms with Crippen molar-refractivity contribution in [3.63, 3.8) is 0 Å². The van der Waals surface area contributed by atoms with Gasteiger partial charge in [0.05, 0.1) is 0 Å². The molecular weight excluding hydrogens is 817 g/mol. The molecule has 2 atom stereocenters. The van der Waals surface area contributed by atoms with Crippen LogP contribution in [0.25, 0.3) is 0 Å². The van der Waals surface area contributed by atoms with Crippen LogP contribution in [-0.4, -0.2) is 67.8 Å². The average Bonchev–Trinajstić information content (AvgIpc) is 3.21. The topological polar surface area (TPSA) is 280 Å². The van der Waals surface area contributed by atoms with Crippen LogP contribution < -0.4 is 21.1 Å². The van der Waals surface area contributed by atoms with Crippen molar-refractivity contribution in [2.75, 3.05) is 0 Å². The molecule has 2 unspecified atom stereocenters. The van der Waals surface area contributed by atoms with Crippen molar-refractivity contribution in [2.45, 2.75) is 9.79 Å². The van der Waals surface area contributed by atoms with Gasteiger partial charge in [-0.3, -0.25) is 9.59 Å². The Morgan fingerprint density at radius 2 is 0.864 bits per heavy atom. The van der Waals surface area contributed by atoms with E-state index < -0.39 is 31.1 Å². The Balaban J connectivity index is 0.000000421. The molecule has 0 amide bonds. The summed E-state index contributed by atoms with van der Waals surface area (Å²) in [5, 5.41) is 28.2. The van der Waals surface area contributed by atoms with Crippen LogP contribution in [0.1, 0.15) is 0 Å². The minimum absolute atomic E-state index is 0. The van der Waals surface area contributed by atoms with Gasteiger partial charge >= 0.3 is 57.9 Å². The van der Waals surface area contributed by atoms with E-state index in [4.69, 9.17) is 27.7 Å². The van der Waals surface area contributed by atoms with Crippen molar-refractivity contribution < 1.29 is 51.9 Å². The van der Waals surface area contributed by atoms with Gasteiger partial charge < -0.3 is 15.7 Å². The van der Waals surface area contributed by atoms with Gasteiger partial charge in [-0.25, -0.2) is 9.11 Å². The number of nitrogens with zero attached hydrogens (tertiary/aromatic N) is 2. The molecule has 0 spiro atoms. The Hall–Kier alpha value is -4.32. The second-order valence-electron chi connectivity index (χ2n) is 8.23. The minimum atomic E-state index is -3.97. The number of benzene rings is 2. The molecule has 15 nitrogen and oxygen atoms in total. The summed E-state index contributed by atoms with van der Waals surface area (Å²) in [6.07, 6.45) is 0. The maximum absolute atomic E-state index is 11.3. The van der Waals surface area contributed by atoms with E-state index in [1.54, 1.807) is 0 Å². The van der Waals surface area contributed by atoms with Crippen LogP contribution in [0, 0.1) is 0 Å². The molecule has 18 heteroatoms. The fraction of sp³-hybridized carbons (Fsp3) is 0. The summed E-state index contributed by atoms with van der Waals surface area (Å²) in [7, 11) is -7.94. The number of hydrogen-bond donors (Lipinski definition) is 4. The van der Waals surface area contributed by atoms with Crippen LogP contribution in [0.15, 0.2) is 127 Å². The van der Waals surface area contributed by atoms with Gasteiger partial charge in [-0.15, -0.1) is 8.42 Å². The van der Waals surface area contributed by atoms with Gasteiger partial charge in [0, 0.05) is 36.4 Å². The van der Waals surface area contributed by atoms with Gasteiger partial charge in [0.1, 0.15) is 21.2 Å². The van der Waals surface area contributed by atoms with Crippen LogP contribution >= 0.6 is 0 Å². The van der Waals surface area contributed by atoms with Gasteiger partial charge in [-0.2, -0.15) is 8.42 Å². The smallest absolute Gasteiger partial charge is 0.870 e. The monoisotopic (exact) mass is 844 g/mol. The third-order valence-electron chi connectivity index (χ3n) is 5.13. The first-order chi connectivity index (χ1) is 19.7. The maximum atomic E-state index is 11.3. The molecule has 0 saturated carbocycles. The number of nitrogens with one attached hydrogen (secondary N) is 2. The normalized spacial score (nSPS) is 13.3. The van der Waals surface area contributed by atoms with Crippen molar-refractivity contribution in [3.05, 3.63) is 118 Å². The third-order valence-corrected chi connectivity index (χ3v) is 6.91. The van der Waals surface area contributed by atoms with E-state index in [1.807, 2.05) is 0 Å². The molecule has 4 aromatic rings. The Bertz CT molecular complexity index is 1850. The zero-order valence-corrected chi connectivity index (χ0v) is 27.4. The van der Waals surface area contributed by atoms with Crippen LogP contribution in [0.5, 0.6) is 11.5 Å². The first-order valence-electron chi connectivity index (χ1n) is 11.6. The SMILES string of the molecule is O=c1ccc(N=[NH+]c2ccc(S(=O)(O)=[OH+])cc2)ccc1[OH2+].O=c1ccc(N=[NH+]c2ccc(S(=O)(O)=[OH+])cc2)ccc1[OH2+].[Bi+3].[OH-]. The van der Waals surface area contributed by atoms with Crippen LogP contribution in [0.3, 0.4) is 0 Å². The van der Waals surface area contributed by atoms with Crippen molar-refractivity contribution >= 4 is 69.2 Å². The van der Waals surface area contributed by atoms with E-state index in [1.165, 1.54) is 97.1 Å². The molecule has 4 aromatic carbocycles. The number of azo groups is 2. The van der Waals surface area contributed by atoms with Gasteiger partial charge in [0.2, 0.25) is 11.4 Å². The summed E-state index contributed by atoms with van der Waals surface area (Å²) < 4.78 is 57.8. The Kier molecular flexibility index (Phi) is 14.1. The molecule has 0 aliphatic rings. The maximum Gasteiger partial charge on any atom is 3.00 e. The van der Waals surface area contributed by atoms with Gasteiger partial charge in [-0.1, -0.05) is 10.2 Å². The predicted octanol–water partition coefficient (Wildman–Crippen LogP) is 0.211. The zero-order valence-electron chi connectivity index (χ0n) is 22.3. The van der Waals surface area contributed by atoms with Crippen LogP contribution in [-0.2, 0) is 20.2 Å². The first kappa shape index (κ1) is 37.7. The summed E-state index contributed by atoms with van der Waals surface area (Å²) in [5.41, 5.74) is 1.15. The van der Waals surface area contributed by atoms with Gasteiger partial charge in [0.15, 0.2) is 0 Å². The van der Waals surface area contributed by atoms with E-state index in [0.717, 1.165) is 0 Å². The summed E-state index contributed by atoms with van der Waals surface area (Å²) >= 11 is 0. The largest absolute Gasteiger partial charge is 3.00 e. The standard InChI is InChI=1S/2C13H10N2O5S.Bi.H2O/c2*16-12-7-3-10(4-8-13(12)17)15-14-9-1-5-11(6-2-9)21(18,19)20;;/h2*1-8H,(H,16,17)(H,18,19,20);;1H2/q;;+3;/p+5. The van der Waals surface area contributed by atoms with E-state index in [-0.39, 0.29) is 53.0 Å². The van der Waals surface area contributed by atoms with E-state index >= 15 is 0 Å². The molecule has 0 heterocycles. The van der Waals surface area contributed by atoms with E-state index in [9.17, 15) is 18.0 Å². The zero-order chi connectivity index (χ0) is 30.9. The molecule has 4 rings (SSSR count). The molecule has 0 aliphatic heterocycles. The van der Waals surface area contributed by atoms with Crippen molar-refractivity contribution in [2.24, 2.45) is 10.2 Å². The van der Waals surface area contributed by atoms with Crippen LogP contribution in [0.4, 0.5) is 22.7 Å². The Morgan fingerprint density at radius 3 is 1.16 bits per heavy atom. The van der Waals surface area contributed by atoms with Crippen LogP contribution in [0.2, 0.25) is 0 Å². The van der Waals surface area contributed by atoms with E-state index in [0.29, 0.717) is 22.7 Å². The molecule has 226 valence electrons. The fourth-order valence-corrected chi connectivity index (χ4v) is 3.92. The van der Waals surface area contributed by atoms with Crippen molar-refractivity contribution in [1.29, 1.82) is 0 Å². The fourth-order valence-electron chi connectivity index (χ4n) is 2.94. The summed E-state index contributed by atoms with van der Waals surface area (Å²) in [6, 6.07) is 22.2. The number of rotatable bonds is 6. The molecule has 0 bridgehead atoms. The summed E-state index contributed by atoms with van der Waals surface area (Å²) in [5.74, 6) is -0.247. The van der Waals surface area contributed by atoms with E-state index in [2.05, 4.69) is 20.5 Å². The average molecular weight is 845 g/mol. The molecule has 0 saturated heterocycles. The molecule has 44 heavy (non-hydrogen) atoms. The van der Waals surface area contributed by atoms with Crippen molar-refractivity contribution in [3.8, 4) is 11.5 Å². The Labute approximate surface area is 268 Å². The number of hydrogen-bond acceptors (Lipinski definition) is 7. The predicted molar refractivity (Wildman–Crippen MR) is 159 cm³/mol. The molecule has 0 aromatic heterocycles. The first-order valence-corrected chi connectivity index (χ1v) is 14.5. The Morgan fingerprint density at radius 1 is 0.568 bits per heavy atom. The quantitative estimate of drug-likeness (QED) is 0.0906. The molecule has 0 aliphatic carbocycles. The minimum Gasteiger partial charge on any atom is -0.870 e. The van der Waals surface area contributed by atoms with Crippen molar-refractivity contribution in [1.82, 2.24) is 0 Å². The van der Waals surface area contributed by atoms with Gasteiger partial charge in [0.25, 0.3) is 10.9 Å². The molecular formula is C26H27BiN4O11S2+8. The third kappa shape index (κ3) is 11.8. The second-order valence-corrected chi connectivity index (χ2v) is 11.2. The summed E-state index contributed by atoms with van der Waals surface area (Å²) in [6.45, 7) is 0. The molecule has 0 fully saturated rings. The molecule has 2 radical (unpaired) electrons. The molecule has 11 N–H and O–H groups in total. The second kappa shape index (κ2) is 16.5. The van der Waals surface area contributed by atoms with Gasteiger partial charge in [-0.05, 0) is 70.9 Å².